The molecule has 2 aliphatic rings. The molecule has 1 fully saturated rings. The van der Waals surface area contributed by atoms with E-state index >= 15 is 0 Å². The molecule has 7 heteroatoms. The van der Waals surface area contributed by atoms with Crippen molar-refractivity contribution in [3.8, 4) is 0 Å². The molecule has 32 heavy (non-hydrogen) atoms. The van der Waals surface area contributed by atoms with Crippen LogP contribution in [0, 0.1) is 5.41 Å². The number of nitrogens with two attached hydrogens (primary N) is 1. The van der Waals surface area contributed by atoms with Crippen LogP contribution in [0.4, 0.5) is 0 Å². The van der Waals surface area contributed by atoms with Crippen molar-refractivity contribution in [3.63, 3.8) is 0 Å². The molecule has 3 N–H and O–H groups in total. The Bertz CT molecular complexity index is 863. The maximum absolute atomic E-state index is 13.8. The van der Waals surface area contributed by atoms with Crippen molar-refractivity contribution in [2.75, 3.05) is 13.6 Å². The van der Waals surface area contributed by atoms with Gasteiger partial charge >= 0.3 is 0 Å². The second-order valence-electron chi connectivity index (χ2n) is 10.2. The normalized spacial score (nSPS) is 23.3. The summed E-state index contributed by atoms with van der Waals surface area (Å²) in [4.78, 5) is 43.4. The van der Waals surface area contributed by atoms with E-state index in [1.807, 2.05) is 26.8 Å². The van der Waals surface area contributed by atoms with Crippen LogP contribution in [0.2, 0.25) is 0 Å². The van der Waals surface area contributed by atoms with Gasteiger partial charge in [0.1, 0.15) is 0 Å². The smallest absolute Gasteiger partial charge is 0.253 e. The maximum atomic E-state index is 13.8. The van der Waals surface area contributed by atoms with Crippen molar-refractivity contribution < 1.29 is 14.4 Å². The van der Waals surface area contributed by atoms with Crippen molar-refractivity contribution in [1.29, 1.82) is 0 Å². The van der Waals surface area contributed by atoms with Gasteiger partial charge < -0.3 is 11.1 Å². The molecule has 176 valence electrons. The van der Waals surface area contributed by atoms with Crippen LogP contribution in [0.15, 0.2) is 24.3 Å². The molecule has 0 aromatic heterocycles. The molecule has 0 spiro atoms. The lowest BCUT2D eigenvalue weighted by molar-refractivity contribution is -0.159. The number of hydrogen-bond acceptors (Lipinski definition) is 6. The number of nitrogens with zero attached hydrogens (tertiary/aromatic N) is 2. The lowest BCUT2D eigenvalue weighted by atomic mass is 9.86. The molecule has 0 unspecified atom stereocenters. The van der Waals surface area contributed by atoms with Crippen LogP contribution in [0.5, 0.6) is 0 Å². The highest BCUT2D eigenvalue weighted by Gasteiger charge is 2.45. The van der Waals surface area contributed by atoms with Crippen LogP contribution in [-0.2, 0) is 20.8 Å². The number of likely N-dealkylation sites (N-methyl/N-ethyl adjacent to an activating group) is 1. The molecular formula is C25H38N4O3. The first kappa shape index (κ1) is 24.6. The third kappa shape index (κ3) is 4.80. The van der Waals surface area contributed by atoms with E-state index in [1.165, 1.54) is 11.1 Å². The minimum atomic E-state index is -0.954. The number of likely N-dealkylation sites (tertiary alicyclic amines) is 1. The highest BCUT2D eigenvalue weighted by Crippen LogP contribution is 2.39. The molecule has 1 aromatic rings. The number of fused-ring (bicyclic) bond motifs is 1. The summed E-state index contributed by atoms with van der Waals surface area (Å²) in [6.45, 7) is 7.95. The largest absolute Gasteiger partial charge is 0.319 e. The molecule has 0 saturated carbocycles. The molecule has 4 atom stereocenters. The Morgan fingerprint density at radius 2 is 1.81 bits per heavy atom. The van der Waals surface area contributed by atoms with Crippen molar-refractivity contribution in [2.24, 2.45) is 11.1 Å². The first-order valence-electron chi connectivity index (χ1n) is 11.8. The van der Waals surface area contributed by atoms with Crippen LogP contribution in [-0.4, -0.2) is 59.2 Å². The molecule has 7 nitrogen and oxygen atoms in total. The Balaban J connectivity index is 1.93. The Labute approximate surface area is 191 Å². The number of amides is 3. The lowest BCUT2D eigenvalue weighted by Crippen LogP contribution is -2.60. The molecule has 3 rings (SSSR count). The lowest BCUT2D eigenvalue weighted by Gasteiger charge is -2.38. The summed E-state index contributed by atoms with van der Waals surface area (Å²) in [5.74, 6) is -1.61. The van der Waals surface area contributed by atoms with Gasteiger partial charge in [0, 0.05) is 6.04 Å². The number of imide groups is 3. The SMILES string of the molecule is CN[C@@H](C)C(=O)N(C(=O)[C@@H](N)C(C)(C)C)C(=O)[C@@H]1CCCN1[C@@H]1CCCc2ccccc21. The highest BCUT2D eigenvalue weighted by atomic mass is 16.2. The second-order valence-corrected chi connectivity index (χ2v) is 10.2. The summed E-state index contributed by atoms with van der Waals surface area (Å²) in [7, 11) is 1.64. The van der Waals surface area contributed by atoms with Gasteiger partial charge in [0.15, 0.2) is 0 Å². The fraction of sp³-hybridized carbons (Fsp3) is 0.640. The number of benzene rings is 1. The first-order chi connectivity index (χ1) is 15.1. The van der Waals surface area contributed by atoms with E-state index in [2.05, 4.69) is 28.4 Å². The Morgan fingerprint density at radius 1 is 1.12 bits per heavy atom. The summed E-state index contributed by atoms with van der Waals surface area (Å²) in [6, 6.07) is 6.40. The Morgan fingerprint density at radius 3 is 2.47 bits per heavy atom. The third-order valence-electron chi connectivity index (χ3n) is 6.98. The Hall–Kier alpha value is -2.09. The zero-order valence-corrected chi connectivity index (χ0v) is 20.1. The summed E-state index contributed by atoms with van der Waals surface area (Å²) < 4.78 is 0. The van der Waals surface area contributed by atoms with Crippen LogP contribution in [0.25, 0.3) is 0 Å². The van der Waals surface area contributed by atoms with E-state index in [0.717, 1.165) is 37.1 Å². The van der Waals surface area contributed by atoms with Gasteiger partial charge in [-0.3, -0.25) is 19.3 Å². The average molecular weight is 443 g/mol. The monoisotopic (exact) mass is 442 g/mol. The quantitative estimate of drug-likeness (QED) is 0.727. The second kappa shape index (κ2) is 9.81. The van der Waals surface area contributed by atoms with Crippen molar-refractivity contribution in [2.45, 2.75) is 84.0 Å². The van der Waals surface area contributed by atoms with E-state index < -0.39 is 41.3 Å². The highest BCUT2D eigenvalue weighted by molar-refractivity contribution is 6.15. The van der Waals surface area contributed by atoms with Crippen molar-refractivity contribution >= 4 is 17.7 Å². The number of nitrogens with one attached hydrogen (secondary N) is 1. The van der Waals surface area contributed by atoms with E-state index in [-0.39, 0.29) is 6.04 Å². The van der Waals surface area contributed by atoms with Crippen LogP contribution in [0.1, 0.15) is 70.5 Å². The fourth-order valence-electron chi connectivity index (χ4n) is 4.80. The third-order valence-corrected chi connectivity index (χ3v) is 6.98. The maximum Gasteiger partial charge on any atom is 0.253 e. The van der Waals surface area contributed by atoms with Gasteiger partial charge in [-0.1, -0.05) is 45.0 Å². The van der Waals surface area contributed by atoms with E-state index in [0.29, 0.717) is 6.42 Å². The zero-order chi connectivity index (χ0) is 23.6. The van der Waals surface area contributed by atoms with Crippen molar-refractivity contribution in [1.82, 2.24) is 15.1 Å². The number of rotatable bonds is 5. The topological polar surface area (TPSA) is 95.7 Å². The van der Waals surface area contributed by atoms with Crippen LogP contribution < -0.4 is 11.1 Å². The van der Waals surface area contributed by atoms with E-state index in [4.69, 9.17) is 5.73 Å². The predicted octanol–water partition coefficient (Wildman–Crippen LogP) is 2.39. The molecule has 1 aliphatic heterocycles. The van der Waals surface area contributed by atoms with Crippen molar-refractivity contribution in [3.05, 3.63) is 35.4 Å². The number of aryl methyl sites for hydroxylation is 1. The summed E-state index contributed by atoms with van der Waals surface area (Å²) in [5, 5.41) is 2.86. The first-order valence-corrected chi connectivity index (χ1v) is 11.8. The summed E-state index contributed by atoms with van der Waals surface area (Å²) in [5.41, 5.74) is 8.23. The fourth-order valence-corrected chi connectivity index (χ4v) is 4.80. The average Bonchev–Trinajstić information content (AvgIpc) is 3.26. The number of carbonyl (C=O) groups is 3. The molecular weight excluding hydrogens is 404 g/mol. The summed E-state index contributed by atoms with van der Waals surface area (Å²) in [6.07, 6.45) is 4.57. The van der Waals surface area contributed by atoms with Gasteiger partial charge in [0.25, 0.3) is 17.7 Å². The number of hydrogen-bond donors (Lipinski definition) is 2. The minimum Gasteiger partial charge on any atom is -0.319 e. The van der Waals surface area contributed by atoms with Gasteiger partial charge in [-0.05, 0) is 69.2 Å². The van der Waals surface area contributed by atoms with Gasteiger partial charge in [-0.25, -0.2) is 4.90 Å². The molecule has 3 amide bonds. The van der Waals surface area contributed by atoms with Gasteiger partial charge in [-0.2, -0.15) is 0 Å². The molecule has 1 aromatic carbocycles. The predicted molar refractivity (Wildman–Crippen MR) is 125 cm³/mol. The van der Waals surface area contributed by atoms with Crippen LogP contribution in [0.3, 0.4) is 0 Å². The zero-order valence-electron chi connectivity index (χ0n) is 20.1. The van der Waals surface area contributed by atoms with Gasteiger partial charge in [0.05, 0.1) is 18.1 Å². The Kier molecular flexibility index (Phi) is 7.53. The number of carbonyl (C=O) groups excluding carboxylic acids is 3. The van der Waals surface area contributed by atoms with Crippen LogP contribution >= 0.6 is 0 Å². The molecule has 1 saturated heterocycles. The molecule has 0 radical (unpaired) electrons. The van der Waals surface area contributed by atoms with E-state index in [9.17, 15) is 14.4 Å². The minimum absolute atomic E-state index is 0.126. The summed E-state index contributed by atoms with van der Waals surface area (Å²) >= 11 is 0. The molecule has 1 aliphatic carbocycles. The van der Waals surface area contributed by atoms with Gasteiger partial charge in [0.2, 0.25) is 0 Å². The standard InChI is InChI=1S/C25H38N4O3/c1-16(27-5)22(30)29(24(32)21(26)25(2,3)4)23(31)20-14-9-15-28(20)19-13-8-11-17-10-6-7-12-18(17)19/h6-7,10,12,16,19-21,27H,8-9,11,13-15,26H2,1-5H3/t16-,19+,20-,21+/m0/s1. The molecule has 1 heterocycles. The van der Waals surface area contributed by atoms with E-state index in [1.54, 1.807) is 14.0 Å². The van der Waals surface area contributed by atoms with Gasteiger partial charge in [-0.15, -0.1) is 0 Å². The molecule has 0 bridgehead atoms.